The molecule has 8 nitrogen and oxygen atoms in total. The van der Waals surface area contributed by atoms with Gasteiger partial charge in [0.05, 0.1) is 27.7 Å². The molecule has 0 aliphatic carbocycles. The van der Waals surface area contributed by atoms with Gasteiger partial charge in [-0.3, -0.25) is 14.9 Å². The Labute approximate surface area is 216 Å². The number of nitriles is 1. The molecule has 1 atom stereocenters. The van der Waals surface area contributed by atoms with Crippen LogP contribution in [0.2, 0.25) is 0 Å². The molecule has 0 radical (unpaired) electrons. The highest BCUT2D eigenvalue weighted by Gasteiger charge is 2.30. The highest BCUT2D eigenvalue weighted by atomic mass is 19.4. The van der Waals surface area contributed by atoms with Gasteiger partial charge in [-0.1, -0.05) is 36.9 Å². The maximum atomic E-state index is 12.3. The van der Waals surface area contributed by atoms with Crippen LogP contribution in [0.1, 0.15) is 29.7 Å². The fourth-order valence-corrected chi connectivity index (χ4v) is 3.20. The number of nitro benzene ring substituents is 1. The van der Waals surface area contributed by atoms with Gasteiger partial charge in [-0.25, -0.2) is 0 Å². The minimum atomic E-state index is -4.43. The number of nitrogens with zero attached hydrogens (tertiary/aromatic N) is 2. The molecular weight excluding hydrogens is 501 g/mol. The molecule has 0 fully saturated rings. The van der Waals surface area contributed by atoms with Crippen LogP contribution < -0.4 is 10.6 Å². The third-order valence-electron chi connectivity index (χ3n) is 4.94. The van der Waals surface area contributed by atoms with Crippen molar-refractivity contribution in [2.75, 3.05) is 10.6 Å². The first-order chi connectivity index (χ1) is 18.0. The molecule has 1 amide bonds. The van der Waals surface area contributed by atoms with E-state index in [1.807, 2.05) is 6.07 Å². The number of aliphatic hydroxyl groups is 1. The van der Waals surface area contributed by atoms with Gasteiger partial charge in [0.25, 0.3) is 5.69 Å². The second kappa shape index (κ2) is 13.4. The van der Waals surface area contributed by atoms with Gasteiger partial charge in [0.2, 0.25) is 6.41 Å². The number of benzene rings is 3. The molecular formula is C27H23F3N4O4. The zero-order valence-electron chi connectivity index (χ0n) is 20.1. The predicted octanol–water partition coefficient (Wildman–Crippen LogP) is 6.24. The topological polar surface area (TPSA) is 128 Å². The van der Waals surface area contributed by atoms with Crippen molar-refractivity contribution in [3.05, 3.63) is 124 Å². The molecule has 0 aliphatic heterocycles. The Bertz CT molecular complexity index is 1380. The van der Waals surface area contributed by atoms with Crippen molar-refractivity contribution in [2.45, 2.75) is 19.2 Å². The van der Waals surface area contributed by atoms with Crippen molar-refractivity contribution < 1.29 is 28.0 Å². The van der Waals surface area contributed by atoms with Crippen molar-refractivity contribution in [1.82, 2.24) is 0 Å². The van der Waals surface area contributed by atoms with Crippen molar-refractivity contribution in [3.63, 3.8) is 0 Å². The Morgan fingerprint density at radius 3 is 2.39 bits per heavy atom. The van der Waals surface area contributed by atoms with Gasteiger partial charge >= 0.3 is 6.18 Å². The van der Waals surface area contributed by atoms with E-state index >= 15 is 0 Å². The summed E-state index contributed by atoms with van der Waals surface area (Å²) < 4.78 is 36.8. The Balaban J connectivity index is 0.000000269. The lowest BCUT2D eigenvalue weighted by Gasteiger charge is -2.12. The average Bonchev–Trinajstić information content (AvgIpc) is 2.88. The summed E-state index contributed by atoms with van der Waals surface area (Å²) in [5, 5.41) is 35.2. The molecule has 0 saturated heterocycles. The standard InChI is InChI=1S/C14H12N2O4.C13H11F3N2/c17-9-15-11-5-3-4-10(8-11)14(18)12-6-1-2-7-13(12)16(19)20;1-9(13(14,15)16)6-10(2)18-12-5-3-4-11(7-12)8-17/h1-9,14,18H,(H,15,17);3-7,18H,1H2,2H3/b;10-6-. The number of carbonyl (C=O) groups excluding carboxylic acids is 1. The second-order valence-electron chi connectivity index (χ2n) is 7.77. The van der Waals surface area contributed by atoms with Crippen LogP contribution in [-0.2, 0) is 4.79 Å². The third kappa shape index (κ3) is 8.61. The van der Waals surface area contributed by atoms with Gasteiger partial charge in [0.1, 0.15) is 6.10 Å². The first-order valence-electron chi connectivity index (χ1n) is 10.9. The van der Waals surface area contributed by atoms with Crippen LogP contribution in [0.15, 0.2) is 96.7 Å². The molecule has 1 unspecified atom stereocenters. The van der Waals surface area contributed by atoms with Crippen molar-refractivity contribution in [3.8, 4) is 6.07 Å². The minimum absolute atomic E-state index is 0.145. The van der Waals surface area contributed by atoms with E-state index in [4.69, 9.17) is 5.26 Å². The number of rotatable bonds is 8. The maximum absolute atomic E-state index is 12.3. The van der Waals surface area contributed by atoms with Gasteiger partial charge in [0.15, 0.2) is 0 Å². The zero-order valence-corrected chi connectivity index (χ0v) is 20.1. The van der Waals surface area contributed by atoms with Crippen molar-refractivity contribution >= 4 is 23.5 Å². The predicted molar refractivity (Wildman–Crippen MR) is 137 cm³/mol. The smallest absolute Gasteiger partial charge is 0.383 e. The number of aliphatic hydroxyl groups excluding tert-OH is 1. The van der Waals surface area contributed by atoms with Gasteiger partial charge in [-0.2, -0.15) is 18.4 Å². The van der Waals surface area contributed by atoms with Crippen molar-refractivity contribution in [1.29, 1.82) is 5.26 Å². The summed E-state index contributed by atoms with van der Waals surface area (Å²) in [5.74, 6) is 0. The van der Waals surface area contributed by atoms with Crippen LogP contribution >= 0.6 is 0 Å². The van der Waals surface area contributed by atoms with Crippen LogP contribution in [0.25, 0.3) is 0 Å². The van der Waals surface area contributed by atoms with Crippen molar-refractivity contribution in [2.24, 2.45) is 0 Å². The SMILES string of the molecule is C=C(/C=C(/C)Nc1cccc(C#N)c1)C(F)(F)F.O=CNc1cccc(C(O)c2ccccc2[N+](=O)[O-])c1. The quantitative estimate of drug-likeness (QED) is 0.139. The first-order valence-corrected chi connectivity index (χ1v) is 10.9. The highest BCUT2D eigenvalue weighted by molar-refractivity contribution is 5.71. The Kier molecular flexibility index (Phi) is 10.3. The summed E-state index contributed by atoms with van der Waals surface area (Å²) >= 11 is 0. The summed E-state index contributed by atoms with van der Waals surface area (Å²) in [6.07, 6.45) is -4.13. The molecule has 3 N–H and O–H groups in total. The van der Waals surface area contributed by atoms with Crippen LogP contribution in [0, 0.1) is 21.4 Å². The highest BCUT2D eigenvalue weighted by Crippen LogP contribution is 2.30. The largest absolute Gasteiger partial charge is 0.415 e. The van der Waals surface area contributed by atoms with Crippen LogP contribution in [0.3, 0.4) is 0 Å². The molecule has 3 rings (SSSR count). The monoisotopic (exact) mass is 524 g/mol. The summed E-state index contributed by atoms with van der Waals surface area (Å²) in [5.41, 5.74) is 1.40. The van der Waals surface area contributed by atoms with Crippen LogP contribution in [-0.4, -0.2) is 22.6 Å². The number of halogens is 3. The molecule has 38 heavy (non-hydrogen) atoms. The third-order valence-corrected chi connectivity index (χ3v) is 4.94. The number of para-hydroxylation sites is 1. The number of allylic oxidation sites excluding steroid dienone is 3. The normalized spacial score (nSPS) is 11.7. The van der Waals surface area contributed by atoms with Gasteiger partial charge in [-0.15, -0.1) is 0 Å². The van der Waals surface area contributed by atoms with Crippen LogP contribution in [0.4, 0.5) is 30.2 Å². The number of carbonyl (C=O) groups is 1. The number of hydrogen-bond donors (Lipinski definition) is 3. The number of alkyl halides is 3. The van der Waals surface area contributed by atoms with E-state index in [-0.39, 0.29) is 11.3 Å². The maximum Gasteiger partial charge on any atom is 0.415 e. The summed E-state index contributed by atoms with van der Waals surface area (Å²) in [6, 6.07) is 20.9. The molecule has 0 bridgehead atoms. The lowest BCUT2D eigenvalue weighted by Crippen LogP contribution is -2.10. The lowest BCUT2D eigenvalue weighted by atomic mass is 9.99. The summed E-state index contributed by atoms with van der Waals surface area (Å²) in [4.78, 5) is 20.8. The molecule has 0 spiro atoms. The molecule has 0 heterocycles. The van der Waals surface area contributed by atoms with E-state index in [1.165, 1.54) is 19.1 Å². The average molecular weight is 524 g/mol. The fraction of sp³-hybridized carbons (Fsp3) is 0.111. The molecule has 0 aromatic heterocycles. The van der Waals surface area contributed by atoms with E-state index in [1.54, 1.807) is 60.7 Å². The molecule has 3 aromatic carbocycles. The number of nitrogens with one attached hydrogen (secondary N) is 2. The van der Waals surface area contributed by atoms with E-state index in [0.717, 1.165) is 6.08 Å². The molecule has 11 heteroatoms. The number of anilines is 2. The summed E-state index contributed by atoms with van der Waals surface area (Å²) in [7, 11) is 0. The first kappa shape index (κ1) is 29.3. The summed E-state index contributed by atoms with van der Waals surface area (Å²) in [6.45, 7) is 4.44. The van der Waals surface area contributed by atoms with E-state index in [2.05, 4.69) is 17.2 Å². The van der Waals surface area contributed by atoms with Crippen LogP contribution in [0.5, 0.6) is 0 Å². The number of amides is 1. The van der Waals surface area contributed by atoms with E-state index in [9.17, 15) is 33.2 Å². The van der Waals surface area contributed by atoms with E-state index < -0.39 is 22.8 Å². The van der Waals surface area contributed by atoms with Gasteiger partial charge in [0, 0.05) is 23.1 Å². The number of nitro groups is 1. The number of hydrogen-bond acceptors (Lipinski definition) is 6. The second-order valence-corrected chi connectivity index (χ2v) is 7.77. The van der Waals surface area contributed by atoms with Gasteiger partial charge in [-0.05, 0) is 55.0 Å². The Morgan fingerprint density at radius 2 is 1.76 bits per heavy atom. The molecule has 0 aliphatic rings. The molecule has 0 saturated carbocycles. The zero-order chi connectivity index (χ0) is 28.3. The van der Waals surface area contributed by atoms with Gasteiger partial charge < -0.3 is 15.7 Å². The van der Waals surface area contributed by atoms with E-state index in [0.29, 0.717) is 34.6 Å². The Hall–Kier alpha value is -4.95. The molecule has 196 valence electrons. The Morgan fingerprint density at radius 1 is 1.11 bits per heavy atom. The minimum Gasteiger partial charge on any atom is -0.383 e. The molecule has 3 aromatic rings. The fourth-order valence-electron chi connectivity index (χ4n) is 3.20. The lowest BCUT2D eigenvalue weighted by molar-refractivity contribution is -0.386.